The molecule has 1 aromatic heterocycles. The highest BCUT2D eigenvalue weighted by atomic mass is 15.4. The second-order valence-electron chi connectivity index (χ2n) is 6.44. The zero-order chi connectivity index (χ0) is 17.1. The highest BCUT2D eigenvalue weighted by molar-refractivity contribution is 5.93. The average molecular weight is 326 g/mol. The number of nitrogens with zero attached hydrogens (tertiary/aromatic N) is 4. The van der Waals surface area contributed by atoms with Gasteiger partial charge in [-0.15, -0.1) is 0 Å². The number of aryl methyl sites for hydroxylation is 3. The molecule has 2 heterocycles. The summed E-state index contributed by atoms with van der Waals surface area (Å²) in [7, 11) is 0. The van der Waals surface area contributed by atoms with Crippen molar-refractivity contribution in [2.24, 2.45) is 4.99 Å². The van der Waals surface area contributed by atoms with Crippen molar-refractivity contribution in [1.29, 1.82) is 0 Å². The molecule has 0 amide bonds. The first-order valence-corrected chi connectivity index (χ1v) is 8.60. The van der Waals surface area contributed by atoms with Crippen molar-refractivity contribution >= 4 is 22.8 Å². The lowest BCUT2D eigenvalue weighted by Gasteiger charge is -2.26. The number of hydrogen-bond donors (Lipinski definition) is 2. The minimum absolute atomic E-state index is 0.594. The molecule has 2 aromatic rings. The second-order valence-corrected chi connectivity index (χ2v) is 6.44. The number of fused-ring (bicyclic) bond motifs is 1. The van der Waals surface area contributed by atoms with Crippen LogP contribution in [0.4, 0.5) is 5.95 Å². The van der Waals surface area contributed by atoms with Crippen LogP contribution in [0.1, 0.15) is 36.6 Å². The van der Waals surface area contributed by atoms with Crippen LogP contribution in [0.5, 0.6) is 0 Å². The van der Waals surface area contributed by atoms with Gasteiger partial charge in [-0.2, -0.15) is 0 Å². The summed E-state index contributed by atoms with van der Waals surface area (Å²) in [6.45, 7) is 11.0. The van der Waals surface area contributed by atoms with E-state index in [0.717, 1.165) is 35.8 Å². The van der Waals surface area contributed by atoms with Gasteiger partial charge in [-0.25, -0.2) is 15.0 Å². The summed E-state index contributed by atoms with van der Waals surface area (Å²) in [4.78, 5) is 16.0. The molecule has 1 aliphatic heterocycles. The highest BCUT2D eigenvalue weighted by Gasteiger charge is 2.13. The third kappa shape index (κ3) is 3.64. The monoisotopic (exact) mass is 326 g/mol. The van der Waals surface area contributed by atoms with E-state index < -0.39 is 0 Å². The predicted molar refractivity (Wildman–Crippen MR) is 99.3 cm³/mol. The quantitative estimate of drug-likeness (QED) is 0.904. The number of hydrogen-bond acceptors (Lipinski definition) is 6. The molecule has 0 fully saturated rings. The summed E-state index contributed by atoms with van der Waals surface area (Å²) in [6.07, 6.45) is 2.40. The van der Waals surface area contributed by atoms with E-state index in [1.807, 2.05) is 6.92 Å². The van der Waals surface area contributed by atoms with Crippen molar-refractivity contribution in [1.82, 2.24) is 20.2 Å². The van der Waals surface area contributed by atoms with Crippen LogP contribution >= 0.6 is 0 Å². The third-order valence-corrected chi connectivity index (χ3v) is 4.46. The van der Waals surface area contributed by atoms with Crippen molar-refractivity contribution < 1.29 is 0 Å². The smallest absolute Gasteiger partial charge is 0.230 e. The van der Waals surface area contributed by atoms with Gasteiger partial charge in [0.2, 0.25) is 11.9 Å². The Morgan fingerprint density at radius 1 is 1.17 bits per heavy atom. The molecule has 1 aliphatic rings. The van der Waals surface area contributed by atoms with Gasteiger partial charge in [-0.1, -0.05) is 13.3 Å². The first kappa shape index (κ1) is 16.6. The standard InChI is InChI=1S/C18H26N6/c1-5-6-7-24-10-19-17(20-11-24)23-18-21-14(4)15-8-12(2)13(3)9-16(15)22-18/h8-9H,5-7,10-11H2,1-4H3,(H2,19,20,21,22,23). The van der Waals surface area contributed by atoms with Crippen molar-refractivity contribution in [2.45, 2.75) is 40.5 Å². The van der Waals surface area contributed by atoms with Gasteiger partial charge >= 0.3 is 0 Å². The van der Waals surface area contributed by atoms with Gasteiger partial charge in [0.25, 0.3) is 0 Å². The lowest BCUT2D eigenvalue weighted by Crippen LogP contribution is -2.46. The van der Waals surface area contributed by atoms with E-state index >= 15 is 0 Å². The summed E-state index contributed by atoms with van der Waals surface area (Å²) in [5, 5.41) is 7.62. The molecule has 0 atom stereocenters. The van der Waals surface area contributed by atoms with E-state index in [-0.39, 0.29) is 0 Å². The Hall–Kier alpha value is -2.21. The first-order chi connectivity index (χ1) is 11.6. The lowest BCUT2D eigenvalue weighted by molar-refractivity contribution is 0.261. The summed E-state index contributed by atoms with van der Waals surface area (Å²) < 4.78 is 0. The molecule has 0 radical (unpaired) electrons. The van der Waals surface area contributed by atoms with Crippen LogP contribution in [0.2, 0.25) is 0 Å². The van der Waals surface area contributed by atoms with Gasteiger partial charge in [0.05, 0.1) is 24.5 Å². The van der Waals surface area contributed by atoms with Crippen LogP contribution in [0, 0.1) is 20.8 Å². The Morgan fingerprint density at radius 3 is 2.67 bits per heavy atom. The van der Waals surface area contributed by atoms with Crippen molar-refractivity contribution in [3.8, 4) is 0 Å². The summed E-state index contributed by atoms with van der Waals surface area (Å²) in [5.41, 5.74) is 4.45. The largest absolute Gasteiger partial charge is 0.343 e. The molecular weight excluding hydrogens is 300 g/mol. The zero-order valence-electron chi connectivity index (χ0n) is 15.0. The molecule has 6 heteroatoms. The van der Waals surface area contributed by atoms with Gasteiger partial charge in [0, 0.05) is 11.9 Å². The minimum atomic E-state index is 0.594. The van der Waals surface area contributed by atoms with Crippen LogP contribution < -0.4 is 10.6 Å². The fourth-order valence-electron chi connectivity index (χ4n) is 2.78. The molecule has 2 N–H and O–H groups in total. The van der Waals surface area contributed by atoms with Gasteiger partial charge < -0.3 is 5.32 Å². The van der Waals surface area contributed by atoms with E-state index in [2.05, 4.69) is 63.4 Å². The molecule has 128 valence electrons. The molecule has 0 spiro atoms. The normalized spacial score (nSPS) is 15.2. The Morgan fingerprint density at radius 2 is 1.96 bits per heavy atom. The van der Waals surface area contributed by atoms with Crippen molar-refractivity contribution in [2.75, 3.05) is 25.2 Å². The number of nitrogens with one attached hydrogen (secondary N) is 2. The maximum absolute atomic E-state index is 4.64. The third-order valence-electron chi connectivity index (χ3n) is 4.46. The molecule has 0 saturated heterocycles. The maximum Gasteiger partial charge on any atom is 0.230 e. The minimum Gasteiger partial charge on any atom is -0.343 e. The predicted octanol–water partition coefficient (Wildman–Crippen LogP) is 2.94. The molecule has 24 heavy (non-hydrogen) atoms. The van der Waals surface area contributed by atoms with Crippen LogP contribution in [0.15, 0.2) is 17.1 Å². The summed E-state index contributed by atoms with van der Waals surface area (Å²) in [5.74, 6) is 1.34. The van der Waals surface area contributed by atoms with E-state index in [1.54, 1.807) is 0 Å². The number of rotatable bonds is 4. The number of unbranched alkanes of at least 4 members (excludes halogenated alkanes) is 1. The molecule has 3 rings (SSSR count). The van der Waals surface area contributed by atoms with Crippen molar-refractivity contribution in [3.63, 3.8) is 0 Å². The van der Waals surface area contributed by atoms with E-state index in [4.69, 9.17) is 0 Å². The zero-order valence-corrected chi connectivity index (χ0v) is 15.0. The maximum atomic E-state index is 4.64. The van der Waals surface area contributed by atoms with Crippen LogP contribution in [-0.2, 0) is 0 Å². The number of aromatic nitrogens is 2. The van der Waals surface area contributed by atoms with Gasteiger partial charge in [-0.05, 0) is 50.5 Å². The lowest BCUT2D eigenvalue weighted by atomic mass is 10.1. The summed E-state index contributed by atoms with van der Waals surface area (Å²) >= 11 is 0. The molecule has 0 bridgehead atoms. The highest BCUT2D eigenvalue weighted by Crippen LogP contribution is 2.21. The van der Waals surface area contributed by atoms with Crippen LogP contribution in [-0.4, -0.2) is 40.7 Å². The number of benzene rings is 1. The Labute approximate surface area is 143 Å². The average Bonchev–Trinajstić information content (AvgIpc) is 2.56. The molecule has 6 nitrogen and oxygen atoms in total. The van der Waals surface area contributed by atoms with Gasteiger partial charge in [0.1, 0.15) is 0 Å². The van der Waals surface area contributed by atoms with E-state index in [1.165, 1.54) is 24.0 Å². The molecular formula is C18H26N6. The Balaban J connectivity index is 1.76. The summed E-state index contributed by atoms with van der Waals surface area (Å²) in [6, 6.07) is 4.28. The van der Waals surface area contributed by atoms with Crippen LogP contribution in [0.25, 0.3) is 10.9 Å². The number of anilines is 1. The fraction of sp³-hybridized carbons (Fsp3) is 0.500. The first-order valence-electron chi connectivity index (χ1n) is 8.60. The van der Waals surface area contributed by atoms with E-state index in [9.17, 15) is 0 Å². The van der Waals surface area contributed by atoms with E-state index in [0.29, 0.717) is 12.6 Å². The molecule has 0 unspecified atom stereocenters. The SMILES string of the molecule is CCCCN1CN=C(Nc2nc(C)c3cc(C)c(C)cc3n2)NC1. The molecule has 0 saturated carbocycles. The topological polar surface area (TPSA) is 65.4 Å². The number of aliphatic imine (C=N–C) groups is 1. The Bertz CT molecular complexity index is 768. The van der Waals surface area contributed by atoms with Crippen molar-refractivity contribution in [3.05, 3.63) is 29.0 Å². The second kappa shape index (κ2) is 7.13. The fourth-order valence-corrected chi connectivity index (χ4v) is 2.78. The molecule has 1 aromatic carbocycles. The van der Waals surface area contributed by atoms with Crippen LogP contribution in [0.3, 0.4) is 0 Å². The van der Waals surface area contributed by atoms with Gasteiger partial charge in [0.15, 0.2) is 0 Å². The van der Waals surface area contributed by atoms with Gasteiger partial charge in [-0.3, -0.25) is 10.2 Å². The molecule has 0 aliphatic carbocycles. The Kier molecular flexibility index (Phi) is 4.94. The number of guanidine groups is 1.